The van der Waals surface area contributed by atoms with Crippen molar-refractivity contribution >= 4 is 27.8 Å². The lowest BCUT2D eigenvalue weighted by Gasteiger charge is -2.08. The van der Waals surface area contributed by atoms with Gasteiger partial charge in [0.05, 0.1) is 5.56 Å². The van der Waals surface area contributed by atoms with Gasteiger partial charge >= 0.3 is 5.97 Å². The molecule has 2 aromatic rings. The normalized spacial score (nSPS) is 10.2. The standard InChI is InChI=1S/C17H15BrFNO3/c18-15-10-13(19)6-7-14(15)17(22)23-11-16(21)20-9-8-12-4-2-1-3-5-12/h1-7,10H,8-9,11H2,(H,20,21). The average molecular weight is 380 g/mol. The van der Waals surface area contributed by atoms with Crippen LogP contribution in [0, 0.1) is 5.82 Å². The van der Waals surface area contributed by atoms with Gasteiger partial charge in [0.1, 0.15) is 5.82 Å². The van der Waals surface area contributed by atoms with Gasteiger partial charge < -0.3 is 10.1 Å². The first-order chi connectivity index (χ1) is 11.1. The van der Waals surface area contributed by atoms with Crippen molar-refractivity contribution in [2.45, 2.75) is 6.42 Å². The molecule has 0 bridgehead atoms. The molecule has 0 aliphatic carbocycles. The Morgan fingerprint density at radius 2 is 1.87 bits per heavy atom. The highest BCUT2D eigenvalue weighted by Crippen LogP contribution is 2.18. The smallest absolute Gasteiger partial charge is 0.339 e. The zero-order chi connectivity index (χ0) is 16.7. The first-order valence-corrected chi connectivity index (χ1v) is 7.78. The van der Waals surface area contributed by atoms with Crippen LogP contribution in [0.3, 0.4) is 0 Å². The van der Waals surface area contributed by atoms with Gasteiger partial charge in [0.15, 0.2) is 6.61 Å². The van der Waals surface area contributed by atoms with E-state index in [2.05, 4.69) is 21.2 Å². The lowest BCUT2D eigenvalue weighted by Crippen LogP contribution is -2.30. The molecule has 0 fully saturated rings. The summed E-state index contributed by atoms with van der Waals surface area (Å²) in [6, 6.07) is 13.3. The molecule has 120 valence electrons. The molecule has 0 heterocycles. The van der Waals surface area contributed by atoms with Gasteiger partial charge in [0, 0.05) is 11.0 Å². The van der Waals surface area contributed by atoms with E-state index in [-0.39, 0.29) is 22.6 Å². The summed E-state index contributed by atoms with van der Waals surface area (Å²) in [5.74, 6) is -1.53. The Balaban J connectivity index is 1.74. The minimum Gasteiger partial charge on any atom is -0.452 e. The van der Waals surface area contributed by atoms with Crippen molar-refractivity contribution in [3.8, 4) is 0 Å². The number of nitrogens with one attached hydrogen (secondary N) is 1. The number of hydrogen-bond acceptors (Lipinski definition) is 3. The summed E-state index contributed by atoms with van der Waals surface area (Å²) >= 11 is 3.08. The molecule has 0 saturated carbocycles. The molecule has 2 rings (SSSR count). The van der Waals surface area contributed by atoms with Crippen molar-refractivity contribution in [1.29, 1.82) is 0 Å². The molecule has 0 atom stereocenters. The Bertz CT molecular complexity index is 691. The van der Waals surface area contributed by atoms with E-state index >= 15 is 0 Å². The molecular formula is C17H15BrFNO3. The van der Waals surface area contributed by atoms with Gasteiger partial charge in [0.2, 0.25) is 0 Å². The highest BCUT2D eigenvalue weighted by molar-refractivity contribution is 9.10. The summed E-state index contributed by atoms with van der Waals surface area (Å²) < 4.78 is 18.2. The molecule has 0 spiro atoms. The first-order valence-electron chi connectivity index (χ1n) is 6.99. The molecule has 0 aliphatic rings. The summed E-state index contributed by atoms with van der Waals surface area (Å²) in [5.41, 5.74) is 1.28. The maximum Gasteiger partial charge on any atom is 0.339 e. The zero-order valence-corrected chi connectivity index (χ0v) is 13.8. The minimum absolute atomic E-state index is 0.170. The predicted molar refractivity (Wildman–Crippen MR) is 87.5 cm³/mol. The predicted octanol–water partition coefficient (Wildman–Crippen LogP) is 3.10. The number of rotatable bonds is 6. The number of carbonyl (C=O) groups is 2. The Hall–Kier alpha value is -2.21. The number of amides is 1. The van der Waals surface area contributed by atoms with Gasteiger partial charge in [0.25, 0.3) is 5.91 Å². The van der Waals surface area contributed by atoms with Gasteiger partial charge in [-0.1, -0.05) is 30.3 Å². The number of benzene rings is 2. The van der Waals surface area contributed by atoms with Gasteiger partial charge in [-0.15, -0.1) is 0 Å². The summed E-state index contributed by atoms with van der Waals surface area (Å²) in [6.07, 6.45) is 0.698. The van der Waals surface area contributed by atoms with Crippen molar-refractivity contribution in [2.75, 3.05) is 13.2 Å². The second kappa shape index (κ2) is 8.43. The lowest BCUT2D eigenvalue weighted by atomic mass is 10.1. The molecular weight excluding hydrogens is 365 g/mol. The number of ether oxygens (including phenoxy) is 1. The van der Waals surface area contributed by atoms with E-state index in [4.69, 9.17) is 4.74 Å². The Morgan fingerprint density at radius 1 is 1.13 bits per heavy atom. The zero-order valence-electron chi connectivity index (χ0n) is 12.2. The molecule has 23 heavy (non-hydrogen) atoms. The minimum atomic E-state index is -0.685. The Kier molecular flexibility index (Phi) is 6.29. The van der Waals surface area contributed by atoms with E-state index in [1.54, 1.807) is 0 Å². The van der Waals surface area contributed by atoms with Crippen molar-refractivity contribution in [2.24, 2.45) is 0 Å². The third-order valence-electron chi connectivity index (χ3n) is 3.06. The highest BCUT2D eigenvalue weighted by Gasteiger charge is 2.13. The number of carbonyl (C=O) groups excluding carboxylic acids is 2. The number of hydrogen-bond donors (Lipinski definition) is 1. The van der Waals surface area contributed by atoms with Crippen molar-refractivity contribution in [3.05, 3.63) is 69.9 Å². The summed E-state index contributed by atoms with van der Waals surface area (Å²) in [5, 5.41) is 2.67. The quantitative estimate of drug-likeness (QED) is 0.784. The third-order valence-corrected chi connectivity index (χ3v) is 3.72. The summed E-state index contributed by atoms with van der Waals surface area (Å²) in [6.45, 7) is 0.0814. The molecule has 0 saturated heterocycles. The van der Waals surface area contributed by atoms with E-state index in [9.17, 15) is 14.0 Å². The fourth-order valence-corrected chi connectivity index (χ4v) is 2.42. The maximum atomic E-state index is 13.0. The van der Waals surface area contributed by atoms with Gasteiger partial charge in [-0.05, 0) is 46.1 Å². The molecule has 1 N–H and O–H groups in total. The second-order valence-corrected chi connectivity index (χ2v) is 5.64. The van der Waals surface area contributed by atoms with Crippen LogP contribution < -0.4 is 5.32 Å². The van der Waals surface area contributed by atoms with Crippen LogP contribution in [0.2, 0.25) is 0 Å². The highest BCUT2D eigenvalue weighted by atomic mass is 79.9. The van der Waals surface area contributed by atoms with E-state index < -0.39 is 11.8 Å². The Morgan fingerprint density at radius 3 is 2.57 bits per heavy atom. The van der Waals surface area contributed by atoms with Crippen molar-refractivity contribution in [1.82, 2.24) is 5.32 Å². The van der Waals surface area contributed by atoms with Crippen LogP contribution in [0.25, 0.3) is 0 Å². The van der Waals surface area contributed by atoms with Gasteiger partial charge in [-0.3, -0.25) is 4.79 Å². The number of halogens is 2. The van der Waals surface area contributed by atoms with Crippen LogP contribution in [0.1, 0.15) is 15.9 Å². The molecule has 2 aromatic carbocycles. The van der Waals surface area contributed by atoms with Crippen LogP contribution in [0.15, 0.2) is 53.0 Å². The molecule has 0 unspecified atom stereocenters. The molecule has 0 aliphatic heterocycles. The molecule has 1 amide bonds. The Labute approximate surface area is 141 Å². The van der Waals surface area contributed by atoms with Crippen LogP contribution in [0.4, 0.5) is 4.39 Å². The van der Waals surface area contributed by atoms with E-state index in [1.165, 1.54) is 6.07 Å². The molecule has 0 radical (unpaired) electrons. The van der Waals surface area contributed by atoms with Crippen LogP contribution in [-0.4, -0.2) is 25.0 Å². The number of esters is 1. The van der Waals surface area contributed by atoms with Gasteiger partial charge in [-0.25, -0.2) is 9.18 Å². The van der Waals surface area contributed by atoms with E-state index in [0.717, 1.165) is 17.7 Å². The fraction of sp³-hybridized carbons (Fsp3) is 0.176. The first kappa shape index (κ1) is 17.1. The van der Waals surface area contributed by atoms with E-state index in [0.29, 0.717) is 13.0 Å². The molecule has 0 aromatic heterocycles. The van der Waals surface area contributed by atoms with Crippen LogP contribution in [0.5, 0.6) is 0 Å². The fourth-order valence-electron chi connectivity index (χ4n) is 1.91. The summed E-state index contributed by atoms with van der Waals surface area (Å²) in [7, 11) is 0. The largest absolute Gasteiger partial charge is 0.452 e. The van der Waals surface area contributed by atoms with Crippen LogP contribution >= 0.6 is 15.9 Å². The second-order valence-electron chi connectivity index (χ2n) is 4.79. The SMILES string of the molecule is O=C(COC(=O)c1ccc(F)cc1Br)NCCc1ccccc1. The third kappa shape index (κ3) is 5.49. The van der Waals surface area contributed by atoms with Crippen molar-refractivity contribution < 1.29 is 18.7 Å². The molecule has 6 heteroatoms. The topological polar surface area (TPSA) is 55.4 Å². The lowest BCUT2D eigenvalue weighted by molar-refractivity contribution is -0.124. The molecule has 4 nitrogen and oxygen atoms in total. The van der Waals surface area contributed by atoms with E-state index in [1.807, 2.05) is 30.3 Å². The monoisotopic (exact) mass is 379 g/mol. The maximum absolute atomic E-state index is 13.0. The van der Waals surface area contributed by atoms with Crippen LogP contribution in [-0.2, 0) is 16.0 Å². The summed E-state index contributed by atoms with van der Waals surface area (Å²) in [4.78, 5) is 23.5. The van der Waals surface area contributed by atoms with Gasteiger partial charge in [-0.2, -0.15) is 0 Å². The average Bonchev–Trinajstić information content (AvgIpc) is 2.53. The van der Waals surface area contributed by atoms with Crippen molar-refractivity contribution in [3.63, 3.8) is 0 Å².